The first-order valence-corrected chi connectivity index (χ1v) is 9.69. The first kappa shape index (κ1) is 17.9. The monoisotopic (exact) mass is 365 g/mol. The van der Waals surface area contributed by atoms with Gasteiger partial charge in [-0.3, -0.25) is 4.79 Å². The lowest BCUT2D eigenvalue weighted by Gasteiger charge is -2.59. The SMILES string of the molecule is CC(NC(=O)Cc1cccc(C(F)(F)F)c1)C12CC3CC(CC(C3)C1)C2. The molecule has 5 heteroatoms. The van der Waals surface area contributed by atoms with Crippen molar-refractivity contribution in [2.45, 2.75) is 64.1 Å². The van der Waals surface area contributed by atoms with E-state index in [9.17, 15) is 18.0 Å². The highest BCUT2D eigenvalue weighted by Crippen LogP contribution is 2.61. The second kappa shape index (κ2) is 6.28. The van der Waals surface area contributed by atoms with E-state index in [1.54, 1.807) is 6.07 Å². The summed E-state index contributed by atoms with van der Waals surface area (Å²) in [7, 11) is 0. The highest BCUT2D eigenvalue weighted by molar-refractivity contribution is 5.79. The van der Waals surface area contributed by atoms with Crippen LogP contribution < -0.4 is 5.32 Å². The maximum absolute atomic E-state index is 12.8. The van der Waals surface area contributed by atoms with Crippen LogP contribution in [0.15, 0.2) is 24.3 Å². The molecule has 4 aliphatic rings. The number of benzene rings is 1. The zero-order valence-corrected chi connectivity index (χ0v) is 15.1. The lowest BCUT2D eigenvalue weighted by molar-refractivity contribution is -0.137. The molecule has 4 aliphatic carbocycles. The number of nitrogens with one attached hydrogen (secondary N) is 1. The molecule has 4 saturated carbocycles. The molecule has 4 bridgehead atoms. The highest BCUT2D eigenvalue weighted by atomic mass is 19.4. The largest absolute Gasteiger partial charge is 0.416 e. The second-order valence-corrected chi connectivity index (χ2v) is 8.94. The summed E-state index contributed by atoms with van der Waals surface area (Å²) in [6.07, 6.45) is 3.27. The molecular weight excluding hydrogens is 339 g/mol. The van der Waals surface area contributed by atoms with E-state index in [4.69, 9.17) is 0 Å². The summed E-state index contributed by atoms with van der Waals surface area (Å²) >= 11 is 0. The maximum atomic E-state index is 12.8. The van der Waals surface area contributed by atoms with Crippen molar-refractivity contribution in [3.05, 3.63) is 35.4 Å². The average Bonchev–Trinajstić information content (AvgIpc) is 2.52. The third kappa shape index (κ3) is 3.37. The van der Waals surface area contributed by atoms with Crippen LogP contribution in [0.1, 0.15) is 56.6 Å². The van der Waals surface area contributed by atoms with Gasteiger partial charge in [0.15, 0.2) is 0 Å². The van der Waals surface area contributed by atoms with Crippen LogP contribution in [0, 0.1) is 23.2 Å². The van der Waals surface area contributed by atoms with Crippen LogP contribution in [-0.4, -0.2) is 11.9 Å². The smallest absolute Gasteiger partial charge is 0.353 e. The van der Waals surface area contributed by atoms with Crippen LogP contribution in [-0.2, 0) is 17.4 Å². The van der Waals surface area contributed by atoms with Gasteiger partial charge in [-0.15, -0.1) is 0 Å². The Bertz CT molecular complexity index is 661. The van der Waals surface area contributed by atoms with Gasteiger partial charge >= 0.3 is 6.18 Å². The summed E-state index contributed by atoms with van der Waals surface area (Å²) in [4.78, 5) is 12.5. The number of alkyl halides is 3. The molecule has 26 heavy (non-hydrogen) atoms. The Morgan fingerprint density at radius 3 is 2.27 bits per heavy atom. The van der Waals surface area contributed by atoms with E-state index in [-0.39, 0.29) is 23.8 Å². The van der Waals surface area contributed by atoms with Crippen molar-refractivity contribution in [2.24, 2.45) is 23.2 Å². The molecule has 142 valence electrons. The van der Waals surface area contributed by atoms with Crippen molar-refractivity contribution in [3.8, 4) is 0 Å². The molecule has 0 spiro atoms. The van der Waals surface area contributed by atoms with Gasteiger partial charge in [0, 0.05) is 6.04 Å². The van der Waals surface area contributed by atoms with E-state index in [0.29, 0.717) is 5.56 Å². The van der Waals surface area contributed by atoms with Gasteiger partial charge in [-0.05, 0) is 80.2 Å². The lowest BCUT2D eigenvalue weighted by Crippen LogP contribution is -2.56. The summed E-state index contributed by atoms with van der Waals surface area (Å²) in [6, 6.07) is 5.17. The third-order valence-corrected chi connectivity index (χ3v) is 7.00. The molecule has 0 heterocycles. The molecular formula is C21H26F3NO. The quantitative estimate of drug-likeness (QED) is 0.802. The Kier molecular flexibility index (Phi) is 4.31. The van der Waals surface area contributed by atoms with E-state index >= 15 is 0 Å². The Hall–Kier alpha value is -1.52. The predicted octanol–water partition coefficient (Wildman–Crippen LogP) is 4.97. The molecule has 1 atom stereocenters. The van der Waals surface area contributed by atoms with Crippen LogP contribution in [0.2, 0.25) is 0 Å². The summed E-state index contributed by atoms with van der Waals surface area (Å²) < 4.78 is 38.5. The highest BCUT2D eigenvalue weighted by Gasteiger charge is 2.53. The minimum Gasteiger partial charge on any atom is -0.353 e. The van der Waals surface area contributed by atoms with Crippen LogP contribution in [0.4, 0.5) is 13.2 Å². The van der Waals surface area contributed by atoms with Gasteiger partial charge in [-0.2, -0.15) is 13.2 Å². The van der Waals surface area contributed by atoms with Gasteiger partial charge in [-0.1, -0.05) is 18.2 Å². The van der Waals surface area contributed by atoms with Crippen molar-refractivity contribution in [1.82, 2.24) is 5.32 Å². The Labute approximate surface area is 152 Å². The molecule has 1 aromatic carbocycles. The van der Waals surface area contributed by atoms with Crippen LogP contribution in [0.3, 0.4) is 0 Å². The van der Waals surface area contributed by atoms with E-state index < -0.39 is 11.7 Å². The predicted molar refractivity (Wildman–Crippen MR) is 93.4 cm³/mol. The third-order valence-electron chi connectivity index (χ3n) is 7.00. The zero-order chi connectivity index (χ0) is 18.5. The van der Waals surface area contributed by atoms with Crippen molar-refractivity contribution in [1.29, 1.82) is 0 Å². The Morgan fingerprint density at radius 1 is 1.15 bits per heavy atom. The number of carbonyl (C=O) groups is 1. The maximum Gasteiger partial charge on any atom is 0.416 e. The number of hydrogen-bond donors (Lipinski definition) is 1. The Balaban J connectivity index is 1.41. The molecule has 0 aliphatic heterocycles. The molecule has 2 nitrogen and oxygen atoms in total. The molecule has 1 N–H and O–H groups in total. The van der Waals surface area contributed by atoms with E-state index in [2.05, 4.69) is 12.2 Å². The van der Waals surface area contributed by atoms with Crippen LogP contribution in [0.5, 0.6) is 0 Å². The van der Waals surface area contributed by atoms with Crippen molar-refractivity contribution in [3.63, 3.8) is 0 Å². The normalized spacial score (nSPS) is 33.9. The van der Waals surface area contributed by atoms with Crippen molar-refractivity contribution >= 4 is 5.91 Å². The molecule has 1 aromatic rings. The molecule has 0 radical (unpaired) electrons. The van der Waals surface area contributed by atoms with Gasteiger partial charge in [0.2, 0.25) is 5.91 Å². The van der Waals surface area contributed by atoms with Gasteiger partial charge in [-0.25, -0.2) is 0 Å². The summed E-state index contributed by atoms with van der Waals surface area (Å²) in [6.45, 7) is 2.09. The van der Waals surface area contributed by atoms with E-state index in [1.807, 2.05) is 0 Å². The van der Waals surface area contributed by atoms with E-state index in [0.717, 1.165) is 29.9 Å². The number of amides is 1. The minimum absolute atomic E-state index is 0.000621. The number of hydrogen-bond acceptors (Lipinski definition) is 1. The average molecular weight is 365 g/mol. The topological polar surface area (TPSA) is 29.1 Å². The number of rotatable bonds is 4. The van der Waals surface area contributed by atoms with Crippen LogP contribution >= 0.6 is 0 Å². The standard InChI is InChI=1S/C21H26F3NO/c1-13(20-10-15-5-16(11-20)7-17(6-15)12-20)25-19(26)9-14-3-2-4-18(8-14)21(22,23)24/h2-4,8,13,15-17H,5-7,9-12H2,1H3,(H,25,26). The first-order valence-electron chi connectivity index (χ1n) is 9.69. The molecule has 5 rings (SSSR count). The number of carbonyl (C=O) groups excluding carboxylic acids is 1. The van der Waals surface area contributed by atoms with E-state index in [1.165, 1.54) is 44.6 Å². The summed E-state index contributed by atoms with van der Waals surface area (Å²) in [5.74, 6) is 2.25. The fourth-order valence-corrected chi connectivity index (χ4v) is 6.20. The molecule has 1 unspecified atom stereocenters. The fraction of sp³-hybridized carbons (Fsp3) is 0.667. The molecule has 0 aromatic heterocycles. The molecule has 1 amide bonds. The van der Waals surface area contributed by atoms with Crippen LogP contribution in [0.25, 0.3) is 0 Å². The molecule has 4 fully saturated rings. The molecule has 0 saturated heterocycles. The van der Waals surface area contributed by atoms with Gasteiger partial charge < -0.3 is 5.32 Å². The van der Waals surface area contributed by atoms with Gasteiger partial charge in [0.05, 0.1) is 12.0 Å². The van der Waals surface area contributed by atoms with Gasteiger partial charge in [0.25, 0.3) is 0 Å². The lowest BCUT2D eigenvalue weighted by atomic mass is 9.48. The fourth-order valence-electron chi connectivity index (χ4n) is 6.20. The Morgan fingerprint density at radius 2 is 1.73 bits per heavy atom. The first-order chi connectivity index (χ1) is 12.2. The summed E-state index contributed by atoms with van der Waals surface area (Å²) in [5.41, 5.74) is -0.0786. The number of halogens is 3. The zero-order valence-electron chi connectivity index (χ0n) is 15.1. The van der Waals surface area contributed by atoms with Crippen molar-refractivity contribution < 1.29 is 18.0 Å². The minimum atomic E-state index is -4.38. The van der Waals surface area contributed by atoms with Gasteiger partial charge in [0.1, 0.15) is 0 Å². The summed E-state index contributed by atoms with van der Waals surface area (Å²) in [5, 5.41) is 3.12. The van der Waals surface area contributed by atoms with Crippen molar-refractivity contribution in [2.75, 3.05) is 0 Å². The second-order valence-electron chi connectivity index (χ2n) is 8.94.